The highest BCUT2D eigenvalue weighted by Gasteiger charge is 2.17. The van der Waals surface area contributed by atoms with E-state index in [0.29, 0.717) is 0 Å². The number of carbonyl (C=O) groups is 1. The highest BCUT2D eigenvalue weighted by molar-refractivity contribution is 7.89. The summed E-state index contributed by atoms with van der Waals surface area (Å²) in [6.07, 6.45) is -0.624. The molecule has 0 aliphatic carbocycles. The summed E-state index contributed by atoms with van der Waals surface area (Å²) in [6, 6.07) is 3.58. The number of benzene rings is 1. The minimum atomic E-state index is -3.77. The second-order valence-corrected chi connectivity index (χ2v) is 7.31. The minimum Gasteiger partial charge on any atom is -0.506 e. The fraction of sp³-hybridized carbons (Fsp3) is 0.462. The number of nitrogens with one attached hydrogen (secondary N) is 2. The van der Waals surface area contributed by atoms with Crippen molar-refractivity contribution in [1.82, 2.24) is 10.0 Å². The van der Waals surface area contributed by atoms with E-state index in [1.54, 1.807) is 20.8 Å². The number of amides is 1. The van der Waals surface area contributed by atoms with Crippen LogP contribution >= 0.6 is 0 Å². The largest absolute Gasteiger partial charge is 0.506 e. The topological polar surface area (TPSA) is 131 Å². The molecular formula is C13H21N3O5S. The summed E-state index contributed by atoms with van der Waals surface area (Å²) in [7, 11) is -3.77. The van der Waals surface area contributed by atoms with E-state index >= 15 is 0 Å². The van der Waals surface area contributed by atoms with E-state index in [2.05, 4.69) is 10.0 Å². The number of aromatic hydroxyl groups is 1. The molecule has 0 spiro atoms. The molecule has 124 valence electrons. The van der Waals surface area contributed by atoms with E-state index in [0.717, 1.165) is 6.07 Å². The Morgan fingerprint density at radius 1 is 1.32 bits per heavy atom. The third-order valence-corrected chi connectivity index (χ3v) is 3.85. The van der Waals surface area contributed by atoms with Crippen LogP contribution in [0.4, 0.5) is 10.5 Å². The van der Waals surface area contributed by atoms with E-state index in [1.807, 2.05) is 0 Å². The van der Waals surface area contributed by atoms with Crippen molar-refractivity contribution >= 4 is 21.8 Å². The first-order chi connectivity index (χ1) is 10.0. The molecule has 0 saturated heterocycles. The zero-order chi connectivity index (χ0) is 17.0. The SMILES string of the molecule is CC(C)(C)OC(=O)NCCNS(=O)(=O)c1ccc(O)c(N)c1. The maximum absolute atomic E-state index is 12.0. The molecule has 5 N–H and O–H groups in total. The molecule has 0 saturated carbocycles. The summed E-state index contributed by atoms with van der Waals surface area (Å²) in [6.45, 7) is 5.24. The standard InChI is InChI=1S/C13H21N3O5S/c1-13(2,3)21-12(18)15-6-7-16-22(19,20)9-4-5-11(17)10(14)8-9/h4-5,8,16-17H,6-7,14H2,1-3H3,(H,15,18). The number of nitrogens with two attached hydrogens (primary N) is 1. The molecule has 1 amide bonds. The lowest BCUT2D eigenvalue weighted by molar-refractivity contribution is 0.0529. The molecule has 0 heterocycles. The molecule has 0 radical (unpaired) electrons. The van der Waals surface area contributed by atoms with Gasteiger partial charge in [-0.15, -0.1) is 0 Å². The van der Waals surface area contributed by atoms with Gasteiger partial charge in [0.1, 0.15) is 11.4 Å². The van der Waals surface area contributed by atoms with Crippen LogP contribution in [0.15, 0.2) is 23.1 Å². The van der Waals surface area contributed by atoms with Crippen LogP contribution in [0.3, 0.4) is 0 Å². The van der Waals surface area contributed by atoms with Gasteiger partial charge in [0.2, 0.25) is 10.0 Å². The second-order valence-electron chi connectivity index (χ2n) is 5.55. The Bertz CT molecular complexity index is 638. The average molecular weight is 331 g/mol. The number of nitrogen functional groups attached to an aromatic ring is 1. The summed E-state index contributed by atoms with van der Waals surface area (Å²) < 4.78 is 31.3. The summed E-state index contributed by atoms with van der Waals surface area (Å²) in [5.74, 6) is -0.189. The Morgan fingerprint density at radius 2 is 1.95 bits per heavy atom. The minimum absolute atomic E-state index is 0.0116. The smallest absolute Gasteiger partial charge is 0.407 e. The van der Waals surface area contributed by atoms with Crippen molar-refractivity contribution in [3.05, 3.63) is 18.2 Å². The normalized spacial score (nSPS) is 12.0. The van der Waals surface area contributed by atoms with Gasteiger partial charge in [0, 0.05) is 13.1 Å². The maximum atomic E-state index is 12.0. The van der Waals surface area contributed by atoms with Crippen molar-refractivity contribution in [2.24, 2.45) is 0 Å². The number of anilines is 1. The van der Waals surface area contributed by atoms with Gasteiger partial charge in [-0.3, -0.25) is 0 Å². The van der Waals surface area contributed by atoms with Crippen molar-refractivity contribution < 1.29 is 23.1 Å². The molecule has 8 nitrogen and oxygen atoms in total. The first-order valence-electron chi connectivity index (χ1n) is 6.56. The molecular weight excluding hydrogens is 310 g/mol. The quantitative estimate of drug-likeness (QED) is 0.358. The zero-order valence-corrected chi connectivity index (χ0v) is 13.5. The van der Waals surface area contributed by atoms with E-state index in [-0.39, 0.29) is 29.4 Å². The lowest BCUT2D eigenvalue weighted by Crippen LogP contribution is -2.37. The molecule has 1 rings (SSSR count). The average Bonchev–Trinajstić information content (AvgIpc) is 2.36. The molecule has 22 heavy (non-hydrogen) atoms. The van der Waals surface area contributed by atoms with Crippen molar-refractivity contribution in [2.75, 3.05) is 18.8 Å². The predicted octanol–water partition coefficient (Wildman–Crippen LogP) is 0.777. The number of rotatable bonds is 5. The van der Waals surface area contributed by atoms with Crippen LogP contribution in [0.1, 0.15) is 20.8 Å². The highest BCUT2D eigenvalue weighted by Crippen LogP contribution is 2.22. The van der Waals surface area contributed by atoms with E-state index in [9.17, 15) is 18.3 Å². The molecule has 1 aromatic carbocycles. The molecule has 0 aliphatic heterocycles. The van der Waals surface area contributed by atoms with Crippen molar-refractivity contribution in [3.8, 4) is 5.75 Å². The van der Waals surface area contributed by atoms with Crippen LogP contribution in [-0.4, -0.2) is 38.3 Å². The van der Waals surface area contributed by atoms with Gasteiger partial charge in [-0.25, -0.2) is 17.9 Å². The van der Waals surface area contributed by atoms with Gasteiger partial charge < -0.3 is 20.9 Å². The Balaban J connectivity index is 2.50. The van der Waals surface area contributed by atoms with E-state index in [1.165, 1.54) is 12.1 Å². The Morgan fingerprint density at radius 3 is 2.50 bits per heavy atom. The summed E-state index contributed by atoms with van der Waals surface area (Å²) in [5.41, 5.74) is 4.80. The molecule has 0 fully saturated rings. The molecule has 0 unspecified atom stereocenters. The lowest BCUT2D eigenvalue weighted by atomic mass is 10.2. The van der Waals surface area contributed by atoms with Crippen LogP contribution in [0.25, 0.3) is 0 Å². The van der Waals surface area contributed by atoms with Crippen LogP contribution in [0, 0.1) is 0 Å². The van der Waals surface area contributed by atoms with Crippen LogP contribution in [0.5, 0.6) is 5.75 Å². The Kier molecular flexibility index (Phi) is 5.61. The van der Waals surface area contributed by atoms with Gasteiger partial charge in [-0.2, -0.15) is 0 Å². The number of carbonyl (C=O) groups excluding carboxylic acids is 1. The monoisotopic (exact) mass is 331 g/mol. The fourth-order valence-electron chi connectivity index (χ4n) is 1.45. The summed E-state index contributed by atoms with van der Waals surface area (Å²) in [5, 5.41) is 11.7. The van der Waals surface area contributed by atoms with Crippen LogP contribution < -0.4 is 15.8 Å². The molecule has 0 aromatic heterocycles. The van der Waals surface area contributed by atoms with Crippen molar-refractivity contribution in [2.45, 2.75) is 31.3 Å². The third-order valence-electron chi connectivity index (χ3n) is 2.39. The Hall–Kier alpha value is -2.00. The van der Waals surface area contributed by atoms with Gasteiger partial charge >= 0.3 is 6.09 Å². The molecule has 0 aliphatic rings. The first kappa shape index (κ1) is 18.1. The number of sulfonamides is 1. The lowest BCUT2D eigenvalue weighted by Gasteiger charge is -2.19. The third kappa shape index (κ3) is 5.78. The summed E-state index contributed by atoms with van der Waals surface area (Å²) >= 11 is 0. The van der Waals surface area contributed by atoms with Gasteiger partial charge in [-0.05, 0) is 39.0 Å². The van der Waals surface area contributed by atoms with Gasteiger partial charge in [0.25, 0.3) is 0 Å². The number of phenols is 1. The van der Waals surface area contributed by atoms with Gasteiger partial charge in [0.05, 0.1) is 10.6 Å². The van der Waals surface area contributed by atoms with Gasteiger partial charge in [-0.1, -0.05) is 0 Å². The number of phenolic OH excluding ortho intramolecular Hbond substituents is 1. The predicted molar refractivity (Wildman–Crippen MR) is 81.9 cm³/mol. The number of hydrogen-bond acceptors (Lipinski definition) is 6. The van der Waals surface area contributed by atoms with Crippen LogP contribution in [0.2, 0.25) is 0 Å². The van der Waals surface area contributed by atoms with E-state index in [4.69, 9.17) is 10.5 Å². The second kappa shape index (κ2) is 6.84. The summed E-state index contributed by atoms with van der Waals surface area (Å²) in [4.78, 5) is 11.3. The van der Waals surface area contributed by atoms with E-state index < -0.39 is 21.7 Å². The molecule has 9 heteroatoms. The number of alkyl carbamates (subject to hydrolysis) is 1. The molecule has 0 atom stereocenters. The van der Waals surface area contributed by atoms with Crippen molar-refractivity contribution in [3.63, 3.8) is 0 Å². The first-order valence-corrected chi connectivity index (χ1v) is 8.04. The molecule has 1 aromatic rings. The van der Waals surface area contributed by atoms with Crippen LogP contribution in [-0.2, 0) is 14.8 Å². The number of ether oxygens (including phenoxy) is 1. The highest BCUT2D eigenvalue weighted by atomic mass is 32.2. The van der Waals surface area contributed by atoms with Gasteiger partial charge in [0.15, 0.2) is 0 Å². The number of hydrogen-bond donors (Lipinski definition) is 4. The molecule has 0 bridgehead atoms. The zero-order valence-electron chi connectivity index (χ0n) is 12.7. The van der Waals surface area contributed by atoms with Crippen molar-refractivity contribution in [1.29, 1.82) is 0 Å². The fourth-order valence-corrected chi connectivity index (χ4v) is 2.51. The Labute approximate surface area is 129 Å². The maximum Gasteiger partial charge on any atom is 0.407 e.